The first-order chi connectivity index (χ1) is 60.7. The zero-order valence-electron chi connectivity index (χ0n) is 75.2. The number of aliphatic carboxylic acids is 2. The molecule has 7 aromatic carbocycles. The summed E-state index contributed by atoms with van der Waals surface area (Å²) in [7, 11) is -4.47. The highest BCUT2D eigenvalue weighted by Gasteiger charge is 2.45. The van der Waals surface area contributed by atoms with E-state index in [-0.39, 0.29) is 24.3 Å². The van der Waals surface area contributed by atoms with Crippen LogP contribution in [0.25, 0.3) is 0 Å². The van der Waals surface area contributed by atoms with Crippen molar-refractivity contribution in [2.24, 2.45) is 11.8 Å². The monoisotopic (exact) mass is 1790 g/mol. The molecule has 10 amide bonds. The summed E-state index contributed by atoms with van der Waals surface area (Å²) < 4.78 is 48.2. The molecule has 0 radical (unpaired) electrons. The van der Waals surface area contributed by atoms with E-state index in [2.05, 4.69) is 57.9 Å². The highest BCUT2D eigenvalue weighted by Crippen LogP contribution is 2.44. The van der Waals surface area contributed by atoms with Gasteiger partial charge in [0.1, 0.15) is 75.9 Å². The number of nitrogens with one attached hydrogen (secondary N) is 13. The minimum Gasteiger partial charge on any atom is -0.487 e. The van der Waals surface area contributed by atoms with Gasteiger partial charge in [0, 0.05) is 18.5 Å². The van der Waals surface area contributed by atoms with Crippen LogP contribution in [0.2, 0.25) is 0 Å². The molecule has 8 rings (SSSR count). The molecule has 34 heteroatoms. The molecule has 0 aromatic heterocycles. The number of carbonyl (C=O) groups is 13. The molecular formula is C95H119N13O20S. The van der Waals surface area contributed by atoms with Gasteiger partial charge in [-0.05, 0) is 151 Å². The minimum atomic E-state index is -4.47. The van der Waals surface area contributed by atoms with E-state index in [0.29, 0.717) is 67.8 Å². The lowest BCUT2D eigenvalue weighted by Gasteiger charge is -2.37. The number of hydrogen-bond donors (Lipinski definition) is 15. The molecule has 0 fully saturated rings. The summed E-state index contributed by atoms with van der Waals surface area (Å²) in [5.41, 5.74) is -0.378. The van der Waals surface area contributed by atoms with Crippen LogP contribution in [0, 0.1) is 38.0 Å². The van der Waals surface area contributed by atoms with Crippen LogP contribution in [0.4, 0.5) is 4.79 Å². The summed E-state index contributed by atoms with van der Waals surface area (Å²) in [6.45, 7) is 23.1. The molecule has 1 aliphatic rings. The molecule has 129 heavy (non-hydrogen) atoms. The van der Waals surface area contributed by atoms with Gasteiger partial charge < -0.3 is 82.9 Å². The van der Waals surface area contributed by atoms with Crippen molar-refractivity contribution in [1.29, 1.82) is 5.41 Å². The van der Waals surface area contributed by atoms with Gasteiger partial charge in [-0.1, -0.05) is 216 Å². The fraction of sp³-hybridized carbons (Fsp3) is 0.411. The smallest absolute Gasteiger partial charge is 0.408 e. The van der Waals surface area contributed by atoms with Crippen molar-refractivity contribution < 1.29 is 95.2 Å². The number of guanidine groups is 1. The second kappa shape index (κ2) is 44.3. The first-order valence-corrected chi connectivity index (χ1v) is 44.0. The SMILES string of the molecule is CC[C@H](C)[C@H](NC(=O)[C@@H](NC(=O)[C@H](CC(=O)OC(C)(C)C)NC(=O)[C@H](CC(=O)NC(c1ccccc1)(c1ccccc1)c1ccccc1)NC(=O)OC(C)(C)C)C(C)C)C(=O)N[C@@H](CC(=O)NC(c1ccccc1)(c1ccccc1)c1ccccc1)C(=O)N[C@@H](CCCNC(=N)NS(=O)(=O)c1c(C)c(C)c2c(c1C)CC(C)(C)O2)C(=O)NCC(=O)N[C@@H](CC(=O)O)C(=O)O. The van der Waals surface area contributed by atoms with Crippen molar-refractivity contribution in [1.82, 2.24) is 63.2 Å². The van der Waals surface area contributed by atoms with Crippen LogP contribution in [0.1, 0.15) is 184 Å². The number of esters is 1. The Kier molecular flexibility index (Phi) is 34.6. The molecule has 33 nitrogen and oxygen atoms in total. The van der Waals surface area contributed by atoms with E-state index in [1.165, 1.54) is 13.8 Å². The summed E-state index contributed by atoms with van der Waals surface area (Å²) >= 11 is 0. The largest absolute Gasteiger partial charge is 0.487 e. The highest BCUT2D eigenvalue weighted by molar-refractivity contribution is 7.90. The zero-order valence-corrected chi connectivity index (χ0v) is 76.1. The first kappa shape index (κ1) is 101. The quantitative estimate of drug-likeness (QED) is 0.00571. The summed E-state index contributed by atoms with van der Waals surface area (Å²) in [6.07, 6.45) is -4.95. The molecule has 8 atom stereocenters. The molecule has 0 unspecified atom stereocenters. The van der Waals surface area contributed by atoms with Crippen molar-refractivity contribution in [2.75, 3.05) is 13.1 Å². The van der Waals surface area contributed by atoms with Gasteiger partial charge in [0.15, 0.2) is 0 Å². The van der Waals surface area contributed by atoms with Gasteiger partial charge in [-0.3, -0.25) is 58.1 Å². The lowest BCUT2D eigenvalue weighted by molar-refractivity contribution is -0.157. The van der Waals surface area contributed by atoms with Crippen molar-refractivity contribution in [3.63, 3.8) is 0 Å². The Morgan fingerprint density at radius 2 is 0.860 bits per heavy atom. The second-order valence-corrected chi connectivity index (χ2v) is 36.5. The lowest BCUT2D eigenvalue weighted by Crippen LogP contribution is -2.62. The number of carbonyl (C=O) groups excluding carboxylic acids is 11. The number of alkyl carbamates (subject to hydrolysis) is 1. The van der Waals surface area contributed by atoms with Crippen molar-refractivity contribution in [3.8, 4) is 5.75 Å². The molecule has 0 bridgehead atoms. The number of carboxylic acids is 2. The predicted molar refractivity (Wildman–Crippen MR) is 481 cm³/mol. The normalized spacial score (nSPS) is 14.3. The number of rotatable bonds is 41. The molecule has 15 N–H and O–H groups in total. The van der Waals surface area contributed by atoms with E-state index in [4.69, 9.17) is 19.6 Å². The summed E-state index contributed by atoms with van der Waals surface area (Å²) in [5.74, 6) is -15.9. The zero-order chi connectivity index (χ0) is 95.1. The Morgan fingerprint density at radius 1 is 0.465 bits per heavy atom. The molecule has 7 aromatic rings. The van der Waals surface area contributed by atoms with Crippen molar-refractivity contribution in [3.05, 3.63) is 238 Å². The molecule has 1 heterocycles. The molecule has 690 valence electrons. The Bertz CT molecular complexity index is 5110. The Hall–Kier alpha value is -13.5. The Morgan fingerprint density at radius 3 is 1.27 bits per heavy atom. The van der Waals surface area contributed by atoms with Crippen LogP contribution in [0.5, 0.6) is 5.75 Å². The van der Waals surface area contributed by atoms with Crippen LogP contribution in [0.15, 0.2) is 187 Å². The van der Waals surface area contributed by atoms with Gasteiger partial charge in [-0.25, -0.2) is 22.7 Å². The third-order valence-corrected chi connectivity index (χ3v) is 23.2. The topological polar surface area (TPSA) is 492 Å². The fourth-order valence-electron chi connectivity index (χ4n) is 15.2. The molecule has 0 aliphatic carbocycles. The van der Waals surface area contributed by atoms with Crippen LogP contribution in [-0.4, -0.2) is 174 Å². The van der Waals surface area contributed by atoms with Gasteiger partial charge in [-0.2, -0.15) is 0 Å². The maximum atomic E-state index is 15.6. The van der Waals surface area contributed by atoms with Gasteiger partial charge in [0.05, 0.1) is 37.1 Å². The van der Waals surface area contributed by atoms with Crippen LogP contribution in [-0.2, 0) is 94.5 Å². The lowest BCUT2D eigenvalue weighted by atomic mass is 9.77. The number of sulfonamides is 1. The van der Waals surface area contributed by atoms with Crippen LogP contribution >= 0.6 is 0 Å². The number of ether oxygens (including phenoxy) is 3. The minimum absolute atomic E-state index is 0.0683. The molecule has 1 aliphatic heterocycles. The average molecular weight is 1800 g/mol. The number of benzene rings is 7. The summed E-state index contributed by atoms with van der Waals surface area (Å²) in [6, 6.07) is 40.6. The highest BCUT2D eigenvalue weighted by atomic mass is 32.2. The van der Waals surface area contributed by atoms with E-state index in [1.807, 2.05) is 55.6 Å². The van der Waals surface area contributed by atoms with E-state index in [1.54, 1.807) is 222 Å². The Balaban J connectivity index is 1.13. The maximum absolute atomic E-state index is 15.6. The van der Waals surface area contributed by atoms with E-state index in [0.717, 1.165) is 0 Å². The first-order valence-electron chi connectivity index (χ1n) is 42.6. The van der Waals surface area contributed by atoms with E-state index in [9.17, 15) is 47.4 Å². The third kappa shape index (κ3) is 27.5. The summed E-state index contributed by atoms with van der Waals surface area (Å²) in [4.78, 5) is 187. The van der Waals surface area contributed by atoms with Crippen molar-refractivity contribution >= 4 is 93.1 Å². The van der Waals surface area contributed by atoms with Crippen molar-refractivity contribution in [2.45, 2.75) is 230 Å². The van der Waals surface area contributed by atoms with E-state index < -0.39 is 214 Å². The number of carboxylic acid groups (broad SMARTS) is 2. The Labute approximate surface area is 751 Å². The van der Waals surface area contributed by atoms with Crippen LogP contribution in [0.3, 0.4) is 0 Å². The van der Waals surface area contributed by atoms with Crippen LogP contribution < -0.4 is 67.9 Å². The fourth-order valence-corrected chi connectivity index (χ4v) is 16.7. The van der Waals surface area contributed by atoms with Gasteiger partial charge in [-0.15, -0.1) is 0 Å². The average Bonchev–Trinajstić information content (AvgIpc) is 0.893. The van der Waals surface area contributed by atoms with E-state index >= 15 is 33.6 Å². The standard InChI is InChI=1S/C95H119N13O20S/c1-16-57(4)79(105-86(119)78(56(2)3)104-85(118)71(53-77(114)126-91(8,9)10)101-84(117)70(103-90(123)128-92(11,12)13)51-74(110)107-95(64-42-29-20-30-43-64,65-44-31-21-32-45-65)66-46-33-22-34-47-66)87(120)102-69(50-73(109)106-94(61-36-23-17-24-37-61,62-38-25-18-26-39-62)63-40-27-19-28-41-63)83(116)100-68(82(115)98-55-75(111)99-72(88(121)122)52-76(112)113)48-35-49-97-89(96)108-129(124,125)81-59(6)58(5)80-67(60(81)7)54-93(14,15)127-80/h17-34,36-47,56-57,68-72,78-79H,16,35,48-55H2,1-15H3,(H,98,115)(H,99,111)(H,100,116)(H,101,117)(H,102,120)(H,103,123)(H,104,118)(H,105,119)(H,106,109)(H,107,110)(H,112,113)(H,121,122)(H3,96,97,108)/t57-,68-,69-,70-,71-,72-,78-,79-/m0/s1. The van der Waals surface area contributed by atoms with Gasteiger partial charge in [0.25, 0.3) is 10.0 Å². The summed E-state index contributed by atoms with van der Waals surface area (Å²) in [5, 5.41) is 56.9. The van der Waals surface area contributed by atoms with Gasteiger partial charge in [0.2, 0.25) is 59.1 Å². The third-order valence-electron chi connectivity index (χ3n) is 21.6. The number of hydrogen-bond acceptors (Lipinski definition) is 19. The molecular weight excluding hydrogens is 1680 g/mol. The number of fused-ring (bicyclic) bond motifs is 1. The second-order valence-electron chi connectivity index (χ2n) is 34.8. The molecule has 0 spiro atoms. The predicted octanol–water partition coefficient (Wildman–Crippen LogP) is 7.82. The molecule has 0 saturated carbocycles. The number of amides is 10. The van der Waals surface area contributed by atoms with Gasteiger partial charge >= 0.3 is 24.0 Å². The maximum Gasteiger partial charge on any atom is 0.408 e. The molecule has 0 saturated heterocycles.